The van der Waals surface area contributed by atoms with Gasteiger partial charge < -0.3 is 15.9 Å². The van der Waals surface area contributed by atoms with Gasteiger partial charge in [0.2, 0.25) is 11.1 Å². The van der Waals surface area contributed by atoms with E-state index in [2.05, 4.69) is 20.3 Å². The number of aromatic nitrogens is 3. The molecule has 0 aliphatic heterocycles. The predicted octanol–water partition coefficient (Wildman–Crippen LogP) is 4.30. The van der Waals surface area contributed by atoms with E-state index in [9.17, 15) is 13.6 Å². The monoisotopic (exact) mass is 459 g/mol. The molecule has 7 nitrogen and oxygen atoms in total. The number of nitrogens with two attached hydrogens (primary N) is 1. The van der Waals surface area contributed by atoms with Crippen LogP contribution in [-0.2, 0) is 4.79 Å². The lowest BCUT2D eigenvalue weighted by Crippen LogP contribution is -2.16. The number of rotatable bonds is 7. The number of benzene rings is 2. The maximum absolute atomic E-state index is 12.1. The third-order valence-electron chi connectivity index (χ3n) is 3.53. The number of halogens is 4. The van der Waals surface area contributed by atoms with Crippen LogP contribution in [0.5, 0.6) is 5.75 Å². The highest BCUT2D eigenvalue weighted by molar-refractivity contribution is 7.99. The molecular weight excluding hydrogens is 447 g/mol. The Morgan fingerprint density at radius 2 is 1.93 bits per heavy atom. The van der Waals surface area contributed by atoms with Crippen LogP contribution >= 0.6 is 35.0 Å². The fourth-order valence-corrected chi connectivity index (χ4v) is 3.43. The largest absolute Gasteiger partial charge is 0.435 e. The second-order valence-corrected chi connectivity index (χ2v) is 7.33. The number of nitrogens with one attached hydrogen (secondary N) is 1. The molecule has 0 radical (unpaired) electrons. The highest BCUT2D eigenvalue weighted by Gasteiger charge is 2.16. The number of nitrogens with zero attached hydrogens (tertiary/aromatic N) is 3. The quantitative estimate of drug-likeness (QED) is 0.404. The molecule has 3 aromatic rings. The zero-order chi connectivity index (χ0) is 21.0. The first-order valence-electron chi connectivity index (χ1n) is 7.97. The van der Waals surface area contributed by atoms with E-state index in [1.165, 1.54) is 28.9 Å². The first kappa shape index (κ1) is 21.2. The van der Waals surface area contributed by atoms with Crippen molar-refractivity contribution in [2.45, 2.75) is 11.8 Å². The lowest BCUT2D eigenvalue weighted by molar-refractivity contribution is -0.113. The lowest BCUT2D eigenvalue weighted by Gasteiger charge is -2.08. The third-order valence-corrected chi connectivity index (χ3v) is 5.02. The van der Waals surface area contributed by atoms with Crippen LogP contribution in [0.1, 0.15) is 0 Å². The molecule has 0 unspecified atom stereocenters. The summed E-state index contributed by atoms with van der Waals surface area (Å²) in [5, 5.41) is 11.7. The molecular formula is C17H13Cl2F2N5O2S. The molecule has 0 bridgehead atoms. The Labute approximate surface area is 178 Å². The minimum absolute atomic E-state index is 0.00102. The van der Waals surface area contributed by atoms with Crippen LogP contribution in [-0.4, -0.2) is 33.1 Å². The second kappa shape index (κ2) is 9.29. The van der Waals surface area contributed by atoms with Gasteiger partial charge >= 0.3 is 6.61 Å². The molecule has 2 aromatic carbocycles. The average Bonchev–Trinajstić information content (AvgIpc) is 3.02. The van der Waals surface area contributed by atoms with Gasteiger partial charge in [-0.25, -0.2) is 4.68 Å². The molecule has 29 heavy (non-hydrogen) atoms. The molecule has 12 heteroatoms. The number of amides is 1. The van der Waals surface area contributed by atoms with Crippen LogP contribution in [0.3, 0.4) is 0 Å². The highest BCUT2D eigenvalue weighted by atomic mass is 35.5. The first-order chi connectivity index (χ1) is 13.8. The Kier molecular flexibility index (Phi) is 6.78. The van der Waals surface area contributed by atoms with Crippen LogP contribution < -0.4 is 15.9 Å². The number of nitrogen functional groups attached to an aromatic ring is 1. The van der Waals surface area contributed by atoms with Crippen molar-refractivity contribution in [3.05, 3.63) is 52.5 Å². The number of carbonyl (C=O) groups is 1. The molecule has 0 saturated heterocycles. The van der Waals surface area contributed by atoms with Gasteiger partial charge in [0.1, 0.15) is 5.75 Å². The second-order valence-electron chi connectivity index (χ2n) is 5.54. The fraction of sp³-hybridized carbons (Fsp3) is 0.118. The van der Waals surface area contributed by atoms with E-state index in [1.807, 2.05) is 0 Å². The Morgan fingerprint density at radius 3 is 2.59 bits per heavy atom. The molecule has 3 N–H and O–H groups in total. The number of ether oxygens (including phenoxy) is 1. The number of anilines is 1. The third kappa shape index (κ3) is 5.49. The van der Waals surface area contributed by atoms with Crippen LogP contribution in [0.25, 0.3) is 11.4 Å². The zero-order valence-corrected chi connectivity index (χ0v) is 16.8. The van der Waals surface area contributed by atoms with Gasteiger partial charge in [-0.3, -0.25) is 4.79 Å². The van der Waals surface area contributed by atoms with Crippen LogP contribution in [0.2, 0.25) is 10.0 Å². The molecule has 0 spiro atoms. The Hall–Kier alpha value is -2.56. The van der Waals surface area contributed by atoms with Crippen molar-refractivity contribution < 1.29 is 18.3 Å². The molecule has 1 aromatic heterocycles. The van der Waals surface area contributed by atoms with Gasteiger partial charge in [0.25, 0.3) is 0 Å². The highest BCUT2D eigenvalue weighted by Crippen LogP contribution is 2.30. The van der Waals surface area contributed by atoms with Crippen molar-refractivity contribution in [2.24, 2.45) is 0 Å². The summed E-state index contributed by atoms with van der Waals surface area (Å²) >= 11 is 13.1. The Bertz CT molecular complexity index is 1020. The van der Waals surface area contributed by atoms with E-state index in [0.717, 1.165) is 11.8 Å². The summed E-state index contributed by atoms with van der Waals surface area (Å²) in [6.45, 7) is -2.91. The topological polar surface area (TPSA) is 95.1 Å². The van der Waals surface area contributed by atoms with Crippen LogP contribution in [0, 0.1) is 0 Å². The average molecular weight is 460 g/mol. The molecule has 0 atom stereocenters. The number of hydrogen-bond acceptors (Lipinski definition) is 6. The fourth-order valence-electron chi connectivity index (χ4n) is 2.28. The number of thioether (sulfide) groups is 1. The van der Waals surface area contributed by atoms with Crippen molar-refractivity contribution in [3.63, 3.8) is 0 Å². The van der Waals surface area contributed by atoms with Crippen molar-refractivity contribution in [1.82, 2.24) is 14.9 Å². The van der Waals surface area contributed by atoms with Crippen molar-refractivity contribution in [3.8, 4) is 17.1 Å². The minimum Gasteiger partial charge on any atom is -0.435 e. The lowest BCUT2D eigenvalue weighted by atomic mass is 10.2. The summed E-state index contributed by atoms with van der Waals surface area (Å²) in [6, 6.07) is 10.4. The van der Waals surface area contributed by atoms with Gasteiger partial charge in [-0.2, -0.15) is 8.78 Å². The molecule has 0 saturated carbocycles. The summed E-state index contributed by atoms with van der Waals surface area (Å²) in [4.78, 5) is 12.1. The molecule has 0 fully saturated rings. The first-order valence-corrected chi connectivity index (χ1v) is 9.71. The summed E-state index contributed by atoms with van der Waals surface area (Å²) in [5.74, 6) is 5.99. The molecule has 0 aliphatic carbocycles. The minimum atomic E-state index is -2.91. The normalized spacial score (nSPS) is 10.9. The van der Waals surface area contributed by atoms with Crippen LogP contribution in [0.4, 0.5) is 14.5 Å². The summed E-state index contributed by atoms with van der Waals surface area (Å²) in [6.07, 6.45) is 0. The van der Waals surface area contributed by atoms with E-state index in [0.29, 0.717) is 32.3 Å². The van der Waals surface area contributed by atoms with E-state index in [-0.39, 0.29) is 17.4 Å². The maximum atomic E-state index is 12.1. The van der Waals surface area contributed by atoms with E-state index >= 15 is 0 Å². The maximum Gasteiger partial charge on any atom is 0.387 e. The molecule has 152 valence electrons. The van der Waals surface area contributed by atoms with Crippen molar-refractivity contribution in [1.29, 1.82) is 0 Å². The summed E-state index contributed by atoms with van der Waals surface area (Å²) in [7, 11) is 0. The van der Waals surface area contributed by atoms with Crippen LogP contribution in [0.15, 0.2) is 47.6 Å². The number of alkyl halides is 2. The smallest absolute Gasteiger partial charge is 0.387 e. The SMILES string of the molecule is Nn1c(SCC(=O)Nc2ccc(OC(F)F)cc2)nnc1-c1ccc(Cl)cc1Cl. The zero-order valence-electron chi connectivity index (χ0n) is 14.5. The van der Waals surface area contributed by atoms with Gasteiger partial charge in [-0.05, 0) is 42.5 Å². The molecule has 3 rings (SSSR count). The van der Waals surface area contributed by atoms with Gasteiger partial charge in [0, 0.05) is 16.3 Å². The molecule has 0 aliphatic rings. The van der Waals surface area contributed by atoms with E-state index < -0.39 is 6.61 Å². The van der Waals surface area contributed by atoms with Crippen molar-refractivity contribution >= 4 is 46.6 Å². The van der Waals surface area contributed by atoms with Gasteiger partial charge in [0.05, 0.1) is 10.8 Å². The number of carbonyl (C=O) groups excluding carboxylic acids is 1. The predicted molar refractivity (Wildman–Crippen MR) is 108 cm³/mol. The number of hydrogen-bond donors (Lipinski definition) is 2. The van der Waals surface area contributed by atoms with Gasteiger partial charge in [-0.1, -0.05) is 35.0 Å². The summed E-state index contributed by atoms with van der Waals surface area (Å²) in [5.41, 5.74) is 0.980. The standard InChI is InChI=1S/C17H13Cl2F2N5O2S/c18-9-1-6-12(13(19)7-9)15-24-25-17(26(15)22)29-8-14(27)23-10-2-4-11(5-3-10)28-16(20)21/h1-7,16H,8,22H2,(H,23,27). The van der Waals surface area contributed by atoms with E-state index in [4.69, 9.17) is 29.0 Å². The van der Waals surface area contributed by atoms with Gasteiger partial charge in [-0.15, -0.1) is 10.2 Å². The Balaban J connectivity index is 1.60. The molecule has 1 heterocycles. The van der Waals surface area contributed by atoms with Gasteiger partial charge in [0.15, 0.2) is 5.82 Å². The molecule has 1 amide bonds. The van der Waals surface area contributed by atoms with Crippen molar-refractivity contribution in [2.75, 3.05) is 16.9 Å². The summed E-state index contributed by atoms with van der Waals surface area (Å²) < 4.78 is 29.8. The Morgan fingerprint density at radius 1 is 1.21 bits per heavy atom. The van der Waals surface area contributed by atoms with E-state index in [1.54, 1.807) is 18.2 Å².